The van der Waals surface area contributed by atoms with Crippen LogP contribution in [-0.2, 0) is 6.61 Å². The number of anilines is 1. The Bertz CT molecular complexity index is 910. The van der Waals surface area contributed by atoms with Crippen molar-refractivity contribution in [3.63, 3.8) is 0 Å². The van der Waals surface area contributed by atoms with Gasteiger partial charge >= 0.3 is 5.97 Å². The average Bonchev–Trinajstić information content (AvgIpc) is 2.63. The van der Waals surface area contributed by atoms with Gasteiger partial charge < -0.3 is 15.6 Å². The molecule has 0 spiro atoms. The highest BCUT2D eigenvalue weighted by atomic mass is 35.5. The van der Waals surface area contributed by atoms with Gasteiger partial charge in [-0.2, -0.15) is 0 Å². The molecule has 0 fully saturated rings. The molecule has 0 radical (unpaired) electrons. The summed E-state index contributed by atoms with van der Waals surface area (Å²) in [6, 6.07) is 19.6. The van der Waals surface area contributed by atoms with Gasteiger partial charge in [-0.05, 0) is 35.4 Å². The highest BCUT2D eigenvalue weighted by Crippen LogP contribution is 2.41. The Morgan fingerprint density at radius 1 is 1.04 bits per heavy atom. The molecule has 3 aromatic carbocycles. The number of carbonyl (C=O) groups is 1. The molecule has 0 amide bonds. The number of rotatable bonds is 5. The zero-order valence-electron chi connectivity index (χ0n) is 13.3. The molecule has 0 heterocycles. The summed E-state index contributed by atoms with van der Waals surface area (Å²) < 4.78 is 5.93. The number of ether oxygens (including phenoxy) is 1. The average molecular weight is 354 g/mol. The van der Waals surface area contributed by atoms with Gasteiger partial charge in [0, 0.05) is 5.56 Å². The van der Waals surface area contributed by atoms with Crippen molar-refractivity contribution in [1.82, 2.24) is 0 Å². The summed E-state index contributed by atoms with van der Waals surface area (Å²) in [4.78, 5) is 11.2. The number of nitrogen functional groups attached to an aromatic ring is 1. The third kappa shape index (κ3) is 3.75. The Morgan fingerprint density at radius 2 is 1.80 bits per heavy atom. The fraction of sp³-hybridized carbons (Fsp3) is 0.0500. The van der Waals surface area contributed by atoms with E-state index in [-0.39, 0.29) is 5.56 Å². The van der Waals surface area contributed by atoms with Crippen molar-refractivity contribution in [2.24, 2.45) is 0 Å². The van der Waals surface area contributed by atoms with Crippen LogP contribution in [0.3, 0.4) is 0 Å². The molecule has 0 atom stereocenters. The number of benzene rings is 3. The standard InChI is InChI=1S/C20H16ClNO3/c21-16-9-10-17(22)19(25-12-13-5-2-1-3-6-13)18(16)14-7-4-8-15(11-14)20(23)24/h1-11H,12,22H2,(H,23,24). The minimum Gasteiger partial charge on any atom is -0.486 e. The Balaban J connectivity index is 2.03. The van der Waals surface area contributed by atoms with Gasteiger partial charge in [-0.15, -0.1) is 0 Å². The maximum Gasteiger partial charge on any atom is 0.335 e. The van der Waals surface area contributed by atoms with E-state index in [0.29, 0.717) is 34.2 Å². The largest absolute Gasteiger partial charge is 0.486 e. The Labute approximate surface area is 150 Å². The molecule has 3 rings (SSSR count). The van der Waals surface area contributed by atoms with Crippen LogP contribution in [0.4, 0.5) is 5.69 Å². The maximum absolute atomic E-state index is 11.2. The van der Waals surface area contributed by atoms with E-state index in [1.165, 1.54) is 6.07 Å². The minimum atomic E-state index is -1.01. The quantitative estimate of drug-likeness (QED) is 0.642. The van der Waals surface area contributed by atoms with Gasteiger partial charge in [0.2, 0.25) is 0 Å². The van der Waals surface area contributed by atoms with Gasteiger partial charge in [0.05, 0.1) is 16.3 Å². The lowest BCUT2D eigenvalue weighted by Crippen LogP contribution is -2.02. The van der Waals surface area contributed by atoms with Crippen LogP contribution in [-0.4, -0.2) is 11.1 Å². The molecule has 0 bridgehead atoms. The molecule has 0 aliphatic rings. The Morgan fingerprint density at radius 3 is 2.52 bits per heavy atom. The normalized spacial score (nSPS) is 10.4. The fourth-order valence-electron chi connectivity index (χ4n) is 2.54. The number of hydrogen-bond donors (Lipinski definition) is 2. The topological polar surface area (TPSA) is 72.6 Å². The summed E-state index contributed by atoms with van der Waals surface area (Å²) in [6.07, 6.45) is 0. The van der Waals surface area contributed by atoms with Gasteiger partial charge in [0.1, 0.15) is 6.61 Å². The first-order valence-electron chi connectivity index (χ1n) is 7.64. The molecule has 3 aromatic rings. The highest BCUT2D eigenvalue weighted by molar-refractivity contribution is 6.34. The first-order valence-corrected chi connectivity index (χ1v) is 8.02. The molecule has 0 aliphatic heterocycles. The third-order valence-electron chi connectivity index (χ3n) is 3.76. The predicted octanol–water partition coefficient (Wildman–Crippen LogP) is 4.87. The molecular formula is C20H16ClNO3. The van der Waals surface area contributed by atoms with Crippen molar-refractivity contribution >= 4 is 23.3 Å². The molecule has 0 unspecified atom stereocenters. The molecule has 3 N–H and O–H groups in total. The molecule has 5 heteroatoms. The van der Waals surface area contributed by atoms with Crippen molar-refractivity contribution in [1.29, 1.82) is 0 Å². The molecule has 25 heavy (non-hydrogen) atoms. The van der Waals surface area contributed by atoms with Gasteiger partial charge in [-0.3, -0.25) is 0 Å². The number of aromatic carboxylic acids is 1. The number of carboxylic acids is 1. The summed E-state index contributed by atoms with van der Waals surface area (Å²) in [5.74, 6) is -0.562. The molecule has 0 aromatic heterocycles. The van der Waals surface area contributed by atoms with Crippen LogP contribution in [0.1, 0.15) is 15.9 Å². The Kier molecular flexibility index (Phi) is 4.91. The highest BCUT2D eigenvalue weighted by Gasteiger charge is 2.16. The van der Waals surface area contributed by atoms with Gasteiger partial charge in [0.25, 0.3) is 0 Å². The van der Waals surface area contributed by atoms with Crippen LogP contribution in [0.25, 0.3) is 11.1 Å². The summed E-state index contributed by atoms with van der Waals surface area (Å²) in [5.41, 5.74) is 8.92. The number of nitrogens with two attached hydrogens (primary N) is 1. The number of hydrogen-bond acceptors (Lipinski definition) is 3. The lowest BCUT2D eigenvalue weighted by Gasteiger charge is -2.16. The SMILES string of the molecule is Nc1ccc(Cl)c(-c2cccc(C(=O)O)c2)c1OCc1ccccc1. The van der Waals surface area contributed by atoms with Crippen molar-refractivity contribution in [2.75, 3.05) is 5.73 Å². The second kappa shape index (κ2) is 7.28. The second-order valence-electron chi connectivity index (χ2n) is 5.50. The number of halogens is 1. The zero-order chi connectivity index (χ0) is 17.8. The second-order valence-corrected chi connectivity index (χ2v) is 5.91. The van der Waals surface area contributed by atoms with E-state index >= 15 is 0 Å². The number of carboxylic acid groups (broad SMARTS) is 1. The van der Waals surface area contributed by atoms with Crippen molar-refractivity contribution in [3.8, 4) is 16.9 Å². The fourth-order valence-corrected chi connectivity index (χ4v) is 2.79. The van der Waals surface area contributed by atoms with E-state index in [1.54, 1.807) is 30.3 Å². The Hall–Kier alpha value is -2.98. The zero-order valence-corrected chi connectivity index (χ0v) is 14.0. The molecule has 4 nitrogen and oxygen atoms in total. The lowest BCUT2D eigenvalue weighted by molar-refractivity contribution is 0.0697. The summed E-state index contributed by atoms with van der Waals surface area (Å²) in [6.45, 7) is 0.330. The monoisotopic (exact) mass is 353 g/mol. The molecule has 0 saturated carbocycles. The van der Waals surface area contributed by atoms with E-state index in [4.69, 9.17) is 22.1 Å². The van der Waals surface area contributed by atoms with E-state index in [9.17, 15) is 9.90 Å². The third-order valence-corrected chi connectivity index (χ3v) is 4.08. The molecule has 126 valence electrons. The smallest absolute Gasteiger partial charge is 0.335 e. The first kappa shape index (κ1) is 16.9. The van der Waals surface area contributed by atoms with E-state index in [2.05, 4.69) is 0 Å². The summed E-state index contributed by atoms with van der Waals surface area (Å²) >= 11 is 6.37. The van der Waals surface area contributed by atoms with Gasteiger partial charge in [0.15, 0.2) is 5.75 Å². The van der Waals surface area contributed by atoms with Crippen LogP contribution in [0.2, 0.25) is 5.02 Å². The maximum atomic E-state index is 11.2. The van der Waals surface area contributed by atoms with Crippen LogP contribution >= 0.6 is 11.6 Å². The predicted molar refractivity (Wildman–Crippen MR) is 99.0 cm³/mol. The van der Waals surface area contributed by atoms with E-state index < -0.39 is 5.97 Å². The van der Waals surface area contributed by atoms with Crippen LogP contribution < -0.4 is 10.5 Å². The van der Waals surface area contributed by atoms with Gasteiger partial charge in [-0.25, -0.2) is 4.79 Å². The van der Waals surface area contributed by atoms with Crippen molar-refractivity contribution < 1.29 is 14.6 Å². The van der Waals surface area contributed by atoms with Crippen molar-refractivity contribution in [3.05, 3.63) is 82.9 Å². The molecular weight excluding hydrogens is 338 g/mol. The van der Waals surface area contributed by atoms with E-state index in [0.717, 1.165) is 5.56 Å². The molecule has 0 saturated heterocycles. The van der Waals surface area contributed by atoms with Crippen LogP contribution in [0.5, 0.6) is 5.75 Å². The van der Waals surface area contributed by atoms with Crippen molar-refractivity contribution in [2.45, 2.75) is 6.61 Å². The van der Waals surface area contributed by atoms with E-state index in [1.807, 2.05) is 30.3 Å². The lowest BCUT2D eigenvalue weighted by atomic mass is 10.0. The molecule has 0 aliphatic carbocycles. The first-order chi connectivity index (χ1) is 12.1. The van der Waals surface area contributed by atoms with Crippen LogP contribution in [0.15, 0.2) is 66.7 Å². The van der Waals surface area contributed by atoms with Gasteiger partial charge in [-0.1, -0.05) is 54.1 Å². The van der Waals surface area contributed by atoms with Crippen LogP contribution in [0, 0.1) is 0 Å². The summed E-state index contributed by atoms with van der Waals surface area (Å²) in [7, 11) is 0. The summed E-state index contributed by atoms with van der Waals surface area (Å²) in [5, 5.41) is 9.66. The minimum absolute atomic E-state index is 0.171.